The average Bonchev–Trinajstić information content (AvgIpc) is 2.29. The van der Waals surface area contributed by atoms with Crippen LogP contribution in [0.25, 0.3) is 0 Å². The lowest BCUT2D eigenvalue weighted by molar-refractivity contribution is -0.118. The Bertz CT molecular complexity index is 473. The number of hydrogen-bond donors (Lipinski definition) is 3. The van der Waals surface area contributed by atoms with Crippen LogP contribution in [0.15, 0.2) is 18.2 Å². The van der Waals surface area contributed by atoms with Gasteiger partial charge in [0.2, 0.25) is 5.91 Å². The van der Waals surface area contributed by atoms with Gasteiger partial charge in [0.15, 0.2) is 0 Å². The van der Waals surface area contributed by atoms with E-state index < -0.39 is 12.0 Å². The van der Waals surface area contributed by atoms with Gasteiger partial charge >= 0.3 is 5.97 Å². The van der Waals surface area contributed by atoms with Crippen LogP contribution < -0.4 is 10.6 Å². The Kier molecular flexibility index (Phi) is 2.97. The molecule has 1 aromatic carbocycles. The molecule has 0 spiro atoms. The minimum Gasteiger partial charge on any atom is -0.478 e. The van der Waals surface area contributed by atoms with Gasteiger partial charge in [-0.3, -0.25) is 4.79 Å². The molecular weight excluding hydrogens is 224 g/mol. The number of carbonyl (C=O) groups is 2. The molecule has 1 amide bonds. The van der Waals surface area contributed by atoms with Crippen molar-refractivity contribution in [2.24, 2.45) is 0 Å². The summed E-state index contributed by atoms with van der Waals surface area (Å²) in [5, 5.41) is 14.5. The smallest absolute Gasteiger partial charge is 0.335 e. The fourth-order valence-corrected chi connectivity index (χ4v) is 1.66. The molecule has 0 radical (unpaired) electrons. The van der Waals surface area contributed by atoms with Gasteiger partial charge in [0, 0.05) is 7.11 Å². The Morgan fingerprint density at radius 3 is 2.88 bits per heavy atom. The molecule has 1 aromatic rings. The van der Waals surface area contributed by atoms with Crippen LogP contribution in [0.3, 0.4) is 0 Å². The van der Waals surface area contributed by atoms with Crippen molar-refractivity contribution in [2.45, 2.75) is 6.04 Å². The van der Waals surface area contributed by atoms with E-state index in [-0.39, 0.29) is 18.1 Å². The van der Waals surface area contributed by atoms with Gasteiger partial charge in [-0.25, -0.2) is 4.79 Å². The third-order valence-corrected chi connectivity index (χ3v) is 2.50. The van der Waals surface area contributed by atoms with Crippen molar-refractivity contribution in [3.8, 4) is 0 Å². The van der Waals surface area contributed by atoms with Crippen LogP contribution in [0.5, 0.6) is 0 Å². The maximum atomic E-state index is 11.6. The molecule has 6 heteroatoms. The summed E-state index contributed by atoms with van der Waals surface area (Å²) in [6, 6.07) is 4.07. The van der Waals surface area contributed by atoms with E-state index in [4.69, 9.17) is 9.84 Å². The Balaban J connectivity index is 2.28. The molecule has 3 N–H and O–H groups in total. The van der Waals surface area contributed by atoms with Crippen molar-refractivity contribution in [1.82, 2.24) is 0 Å². The molecule has 0 aromatic heterocycles. The number of hydrogen-bond acceptors (Lipinski definition) is 4. The quantitative estimate of drug-likeness (QED) is 0.721. The molecular formula is C11H12N2O4. The molecule has 0 saturated heterocycles. The molecule has 17 heavy (non-hydrogen) atoms. The maximum absolute atomic E-state index is 11.6. The second-order valence-electron chi connectivity index (χ2n) is 3.71. The molecule has 1 unspecified atom stereocenters. The normalized spacial score (nSPS) is 17.9. The third kappa shape index (κ3) is 2.21. The van der Waals surface area contributed by atoms with Crippen molar-refractivity contribution in [3.05, 3.63) is 23.8 Å². The molecule has 1 aliphatic heterocycles. The number of benzene rings is 1. The van der Waals surface area contributed by atoms with Crippen LogP contribution in [-0.4, -0.2) is 36.7 Å². The summed E-state index contributed by atoms with van der Waals surface area (Å²) in [5.74, 6) is -1.26. The van der Waals surface area contributed by atoms with Crippen molar-refractivity contribution in [3.63, 3.8) is 0 Å². The lowest BCUT2D eigenvalue weighted by atomic mass is 10.1. The number of rotatable bonds is 3. The van der Waals surface area contributed by atoms with Gasteiger partial charge in [-0.1, -0.05) is 0 Å². The number of carboxylic acid groups (broad SMARTS) is 1. The summed E-state index contributed by atoms with van der Waals surface area (Å²) >= 11 is 0. The number of methoxy groups -OCH3 is 1. The summed E-state index contributed by atoms with van der Waals surface area (Å²) in [7, 11) is 1.51. The van der Waals surface area contributed by atoms with Crippen molar-refractivity contribution < 1.29 is 19.4 Å². The minimum atomic E-state index is -1.03. The minimum absolute atomic E-state index is 0.135. The summed E-state index contributed by atoms with van der Waals surface area (Å²) in [6.45, 7) is 0.256. The zero-order chi connectivity index (χ0) is 12.4. The van der Waals surface area contributed by atoms with Crippen molar-refractivity contribution >= 4 is 23.3 Å². The van der Waals surface area contributed by atoms with E-state index >= 15 is 0 Å². The number of nitrogens with one attached hydrogen (secondary N) is 2. The fourth-order valence-electron chi connectivity index (χ4n) is 1.66. The highest BCUT2D eigenvalue weighted by molar-refractivity contribution is 6.04. The number of carbonyl (C=O) groups excluding carboxylic acids is 1. The van der Waals surface area contributed by atoms with Crippen LogP contribution in [0.1, 0.15) is 10.4 Å². The first-order valence-corrected chi connectivity index (χ1v) is 5.05. The lowest BCUT2D eigenvalue weighted by Crippen LogP contribution is -2.41. The monoisotopic (exact) mass is 236 g/mol. The van der Waals surface area contributed by atoms with Gasteiger partial charge < -0.3 is 20.5 Å². The fraction of sp³-hybridized carbons (Fsp3) is 0.273. The van der Waals surface area contributed by atoms with Crippen molar-refractivity contribution in [2.75, 3.05) is 24.4 Å². The summed E-state index contributed by atoms with van der Waals surface area (Å²) in [4.78, 5) is 22.4. The summed E-state index contributed by atoms with van der Waals surface area (Å²) in [5.41, 5.74) is 1.30. The molecule has 1 aliphatic rings. The predicted octanol–water partition coefficient (Wildman–Crippen LogP) is 0.764. The van der Waals surface area contributed by atoms with Gasteiger partial charge in [0.1, 0.15) is 6.04 Å². The van der Waals surface area contributed by atoms with Crippen LogP contribution in [-0.2, 0) is 9.53 Å². The van der Waals surface area contributed by atoms with E-state index in [0.717, 1.165) is 0 Å². The van der Waals surface area contributed by atoms with Gasteiger partial charge in [0.25, 0.3) is 0 Å². The number of ether oxygens (including phenoxy) is 1. The molecule has 6 nitrogen and oxygen atoms in total. The van der Waals surface area contributed by atoms with E-state index in [0.29, 0.717) is 11.4 Å². The van der Waals surface area contributed by atoms with Gasteiger partial charge in [-0.2, -0.15) is 0 Å². The van der Waals surface area contributed by atoms with E-state index in [2.05, 4.69) is 10.6 Å². The summed E-state index contributed by atoms with van der Waals surface area (Å²) in [6.07, 6.45) is 0. The standard InChI is InChI=1S/C11H12N2O4/c1-17-5-9-10(14)13-8-4-6(11(15)16)2-3-7(8)12-9/h2-4,9,12H,5H2,1H3,(H,13,14)(H,15,16). The number of anilines is 2. The van der Waals surface area contributed by atoms with Crippen LogP contribution in [0.4, 0.5) is 11.4 Å². The predicted molar refractivity (Wildman–Crippen MR) is 61.3 cm³/mol. The molecule has 0 saturated carbocycles. The third-order valence-electron chi connectivity index (χ3n) is 2.50. The van der Waals surface area contributed by atoms with E-state index in [1.54, 1.807) is 6.07 Å². The van der Waals surface area contributed by atoms with Gasteiger partial charge in [-0.05, 0) is 18.2 Å². The van der Waals surface area contributed by atoms with Crippen LogP contribution >= 0.6 is 0 Å². The Hall–Kier alpha value is -2.08. The summed E-state index contributed by atoms with van der Waals surface area (Å²) < 4.78 is 4.91. The highest BCUT2D eigenvalue weighted by Crippen LogP contribution is 2.27. The molecule has 1 atom stereocenters. The van der Waals surface area contributed by atoms with Gasteiger partial charge in [0.05, 0.1) is 23.5 Å². The first kappa shape index (κ1) is 11.4. The Labute approximate surface area is 97.6 Å². The molecule has 0 bridgehead atoms. The first-order chi connectivity index (χ1) is 8.11. The molecule has 1 heterocycles. The highest BCUT2D eigenvalue weighted by Gasteiger charge is 2.25. The zero-order valence-electron chi connectivity index (χ0n) is 9.19. The van der Waals surface area contributed by atoms with E-state index in [9.17, 15) is 9.59 Å². The SMILES string of the molecule is COCC1Nc2ccc(C(=O)O)cc2NC1=O. The highest BCUT2D eigenvalue weighted by atomic mass is 16.5. The topological polar surface area (TPSA) is 87.7 Å². The number of aromatic carboxylic acids is 1. The van der Waals surface area contributed by atoms with E-state index in [1.807, 2.05) is 0 Å². The largest absolute Gasteiger partial charge is 0.478 e. The molecule has 0 fully saturated rings. The Morgan fingerprint density at radius 2 is 2.24 bits per heavy atom. The number of carboxylic acids is 1. The van der Waals surface area contributed by atoms with Gasteiger partial charge in [-0.15, -0.1) is 0 Å². The van der Waals surface area contributed by atoms with Crippen LogP contribution in [0.2, 0.25) is 0 Å². The van der Waals surface area contributed by atoms with Crippen molar-refractivity contribution in [1.29, 1.82) is 0 Å². The number of amides is 1. The molecule has 90 valence electrons. The zero-order valence-corrected chi connectivity index (χ0v) is 9.19. The molecule has 2 rings (SSSR count). The average molecular weight is 236 g/mol. The Morgan fingerprint density at radius 1 is 1.47 bits per heavy atom. The lowest BCUT2D eigenvalue weighted by Gasteiger charge is -2.26. The second kappa shape index (κ2) is 4.42. The maximum Gasteiger partial charge on any atom is 0.335 e. The first-order valence-electron chi connectivity index (χ1n) is 5.05. The second-order valence-corrected chi connectivity index (χ2v) is 3.71. The molecule has 0 aliphatic carbocycles. The van der Waals surface area contributed by atoms with Crippen LogP contribution in [0, 0.1) is 0 Å². The number of fused-ring (bicyclic) bond motifs is 1. The van der Waals surface area contributed by atoms with E-state index in [1.165, 1.54) is 19.2 Å².